The zero-order valence-electron chi connectivity index (χ0n) is 13.1. The average molecular weight is 335 g/mol. The van der Waals surface area contributed by atoms with Crippen molar-refractivity contribution in [1.82, 2.24) is 10.6 Å². The normalized spacial score (nSPS) is 11.8. The van der Waals surface area contributed by atoms with Crippen LogP contribution in [0.1, 0.15) is 30.8 Å². The van der Waals surface area contributed by atoms with Crippen LogP contribution in [-0.4, -0.2) is 24.4 Å². The molecule has 1 unspecified atom stereocenters. The van der Waals surface area contributed by atoms with Crippen molar-refractivity contribution in [1.29, 1.82) is 0 Å². The molecule has 0 saturated heterocycles. The summed E-state index contributed by atoms with van der Waals surface area (Å²) in [5.74, 6) is -0.0283. The lowest BCUT2D eigenvalue weighted by molar-refractivity contribution is -0.122. The molecule has 0 saturated carbocycles. The molecule has 122 valence electrons. The summed E-state index contributed by atoms with van der Waals surface area (Å²) in [6, 6.07) is 9.82. The fourth-order valence-corrected chi connectivity index (χ4v) is 2.23. The fourth-order valence-electron chi connectivity index (χ4n) is 2.00. The van der Waals surface area contributed by atoms with Crippen LogP contribution in [0.3, 0.4) is 0 Å². The van der Waals surface area contributed by atoms with E-state index >= 15 is 0 Å². The highest BCUT2D eigenvalue weighted by molar-refractivity contribution is 6.33. The molecular formula is C17H19ClN2O3. The van der Waals surface area contributed by atoms with Crippen LogP contribution >= 0.6 is 11.6 Å². The van der Waals surface area contributed by atoms with E-state index in [1.165, 1.54) is 0 Å². The number of hydrogen-bond donors (Lipinski definition) is 2. The van der Waals surface area contributed by atoms with Gasteiger partial charge in [0, 0.05) is 12.1 Å². The predicted octanol–water partition coefficient (Wildman–Crippen LogP) is 3.24. The van der Waals surface area contributed by atoms with Crippen molar-refractivity contribution in [3.05, 3.63) is 47.2 Å². The quantitative estimate of drug-likeness (QED) is 0.851. The second-order valence-electron chi connectivity index (χ2n) is 5.13. The highest BCUT2D eigenvalue weighted by Gasteiger charge is 2.19. The Morgan fingerprint density at radius 3 is 2.65 bits per heavy atom. The SMILES string of the molecule is CCCNC(=O)C(C)NC(=O)c1ccc(-c2ccccc2Cl)o1. The molecule has 0 aliphatic rings. The van der Waals surface area contributed by atoms with Gasteiger partial charge in [-0.2, -0.15) is 0 Å². The number of furan rings is 1. The third-order valence-corrected chi connectivity index (χ3v) is 3.59. The Hall–Kier alpha value is -2.27. The number of carbonyl (C=O) groups is 2. The lowest BCUT2D eigenvalue weighted by atomic mass is 10.2. The molecular weight excluding hydrogens is 316 g/mol. The number of amides is 2. The number of hydrogen-bond acceptors (Lipinski definition) is 3. The molecule has 0 fully saturated rings. The van der Waals surface area contributed by atoms with Crippen molar-refractivity contribution in [3.63, 3.8) is 0 Å². The first-order valence-corrected chi connectivity index (χ1v) is 7.84. The van der Waals surface area contributed by atoms with Gasteiger partial charge in [0.25, 0.3) is 5.91 Å². The summed E-state index contributed by atoms with van der Waals surface area (Å²) in [7, 11) is 0. The summed E-state index contributed by atoms with van der Waals surface area (Å²) in [5, 5.41) is 5.87. The van der Waals surface area contributed by atoms with E-state index in [1.807, 2.05) is 25.1 Å². The molecule has 2 amide bonds. The van der Waals surface area contributed by atoms with Crippen LogP contribution in [0.5, 0.6) is 0 Å². The smallest absolute Gasteiger partial charge is 0.287 e. The lowest BCUT2D eigenvalue weighted by Gasteiger charge is -2.12. The Labute approximate surface area is 140 Å². The van der Waals surface area contributed by atoms with Crippen LogP contribution < -0.4 is 10.6 Å². The highest BCUT2D eigenvalue weighted by Crippen LogP contribution is 2.28. The van der Waals surface area contributed by atoms with Crippen molar-refractivity contribution in [2.24, 2.45) is 0 Å². The van der Waals surface area contributed by atoms with Gasteiger partial charge in [0.15, 0.2) is 5.76 Å². The van der Waals surface area contributed by atoms with Gasteiger partial charge >= 0.3 is 0 Å². The van der Waals surface area contributed by atoms with Gasteiger partial charge in [-0.05, 0) is 37.6 Å². The molecule has 0 aliphatic heterocycles. The molecule has 1 heterocycles. The topological polar surface area (TPSA) is 71.3 Å². The van der Waals surface area contributed by atoms with Crippen LogP contribution in [0.4, 0.5) is 0 Å². The van der Waals surface area contributed by atoms with E-state index in [-0.39, 0.29) is 11.7 Å². The highest BCUT2D eigenvalue weighted by atomic mass is 35.5. The standard InChI is InChI=1S/C17H19ClN2O3/c1-3-10-19-16(21)11(2)20-17(22)15-9-8-14(23-15)12-6-4-5-7-13(12)18/h4-9,11H,3,10H2,1-2H3,(H,19,21)(H,20,22). The van der Waals surface area contributed by atoms with Gasteiger partial charge < -0.3 is 15.1 Å². The monoisotopic (exact) mass is 334 g/mol. The first kappa shape index (κ1) is 17.1. The zero-order valence-corrected chi connectivity index (χ0v) is 13.8. The number of nitrogens with one attached hydrogen (secondary N) is 2. The number of rotatable bonds is 6. The largest absolute Gasteiger partial charge is 0.451 e. The van der Waals surface area contributed by atoms with Gasteiger partial charge in [-0.1, -0.05) is 30.7 Å². The summed E-state index contributed by atoms with van der Waals surface area (Å²) in [6.07, 6.45) is 0.839. The molecule has 0 spiro atoms. The first-order chi connectivity index (χ1) is 11.0. The van der Waals surface area contributed by atoms with Crippen LogP contribution in [0.25, 0.3) is 11.3 Å². The third-order valence-electron chi connectivity index (χ3n) is 3.26. The van der Waals surface area contributed by atoms with Gasteiger partial charge in [-0.3, -0.25) is 9.59 Å². The Morgan fingerprint density at radius 2 is 1.96 bits per heavy atom. The minimum Gasteiger partial charge on any atom is -0.451 e. The predicted molar refractivity (Wildman–Crippen MR) is 89.4 cm³/mol. The third kappa shape index (κ3) is 4.36. The summed E-state index contributed by atoms with van der Waals surface area (Å²) in [6.45, 7) is 4.17. The van der Waals surface area contributed by atoms with Crippen molar-refractivity contribution >= 4 is 23.4 Å². The van der Waals surface area contributed by atoms with Gasteiger partial charge in [0.2, 0.25) is 5.91 Å². The molecule has 0 bridgehead atoms. The maximum absolute atomic E-state index is 12.1. The molecule has 5 nitrogen and oxygen atoms in total. The molecule has 1 aromatic carbocycles. The summed E-state index contributed by atoms with van der Waals surface area (Å²) < 4.78 is 5.55. The van der Waals surface area contributed by atoms with E-state index in [4.69, 9.17) is 16.0 Å². The molecule has 1 atom stereocenters. The molecule has 0 radical (unpaired) electrons. The molecule has 2 N–H and O–H groups in total. The van der Waals surface area contributed by atoms with Crippen molar-refractivity contribution in [2.75, 3.05) is 6.54 Å². The average Bonchev–Trinajstić information content (AvgIpc) is 3.02. The Morgan fingerprint density at radius 1 is 1.22 bits per heavy atom. The Kier molecular flexibility index (Phi) is 5.82. The van der Waals surface area contributed by atoms with Crippen LogP contribution in [0, 0.1) is 0 Å². The van der Waals surface area contributed by atoms with E-state index in [1.54, 1.807) is 25.1 Å². The van der Waals surface area contributed by atoms with Crippen LogP contribution in [0.15, 0.2) is 40.8 Å². The second kappa shape index (κ2) is 7.83. The van der Waals surface area contributed by atoms with Crippen molar-refractivity contribution in [2.45, 2.75) is 26.3 Å². The molecule has 2 aromatic rings. The number of carbonyl (C=O) groups excluding carboxylic acids is 2. The second-order valence-corrected chi connectivity index (χ2v) is 5.54. The summed E-state index contributed by atoms with van der Waals surface area (Å²) >= 11 is 6.11. The minimum absolute atomic E-state index is 0.134. The van der Waals surface area contributed by atoms with Gasteiger partial charge in [0.05, 0.1) is 5.02 Å². The molecule has 1 aromatic heterocycles. The van der Waals surface area contributed by atoms with Crippen LogP contribution in [-0.2, 0) is 4.79 Å². The van der Waals surface area contributed by atoms with Crippen molar-refractivity contribution in [3.8, 4) is 11.3 Å². The first-order valence-electron chi connectivity index (χ1n) is 7.46. The van der Waals surface area contributed by atoms with E-state index in [0.717, 1.165) is 6.42 Å². The van der Waals surface area contributed by atoms with E-state index in [2.05, 4.69) is 10.6 Å². The van der Waals surface area contributed by atoms with E-state index in [0.29, 0.717) is 22.9 Å². The van der Waals surface area contributed by atoms with Gasteiger partial charge in [0.1, 0.15) is 11.8 Å². The minimum atomic E-state index is -0.636. The van der Waals surface area contributed by atoms with Gasteiger partial charge in [-0.15, -0.1) is 0 Å². The Balaban J connectivity index is 2.04. The molecule has 23 heavy (non-hydrogen) atoms. The van der Waals surface area contributed by atoms with Crippen LogP contribution in [0.2, 0.25) is 5.02 Å². The van der Waals surface area contributed by atoms with E-state index in [9.17, 15) is 9.59 Å². The Bertz CT molecular complexity index is 697. The fraction of sp³-hybridized carbons (Fsp3) is 0.294. The van der Waals surface area contributed by atoms with E-state index < -0.39 is 11.9 Å². The summed E-state index contributed by atoms with van der Waals surface area (Å²) in [4.78, 5) is 23.9. The number of halogens is 1. The molecule has 0 aliphatic carbocycles. The number of benzene rings is 1. The maximum Gasteiger partial charge on any atom is 0.287 e. The zero-order chi connectivity index (χ0) is 16.8. The molecule has 6 heteroatoms. The lowest BCUT2D eigenvalue weighted by Crippen LogP contribution is -2.44. The van der Waals surface area contributed by atoms with Crippen molar-refractivity contribution < 1.29 is 14.0 Å². The maximum atomic E-state index is 12.1. The molecule has 2 rings (SSSR count). The summed E-state index contributed by atoms with van der Waals surface area (Å²) in [5.41, 5.74) is 0.710. The van der Waals surface area contributed by atoms with Gasteiger partial charge in [-0.25, -0.2) is 0 Å².